The summed E-state index contributed by atoms with van der Waals surface area (Å²) in [5.41, 5.74) is 5.58. The molecule has 3 aromatic rings. The van der Waals surface area contributed by atoms with Gasteiger partial charge in [0, 0.05) is 67.8 Å². The lowest BCUT2D eigenvalue weighted by Gasteiger charge is -2.27. The molecule has 27 heavy (non-hydrogen) atoms. The summed E-state index contributed by atoms with van der Waals surface area (Å²) in [5, 5.41) is 3.87. The molecule has 0 fully saturated rings. The molecule has 1 aromatic heterocycles. The van der Waals surface area contributed by atoms with Crippen LogP contribution >= 0.6 is 0 Å². The Kier molecular flexibility index (Phi) is 4.44. The Morgan fingerprint density at radius 1 is 1.07 bits per heavy atom. The van der Waals surface area contributed by atoms with Crippen LogP contribution in [0.4, 0.5) is 0 Å². The average molecular weight is 361 g/mol. The number of aromatic nitrogens is 1. The second kappa shape index (κ2) is 6.91. The molecule has 0 spiro atoms. The van der Waals surface area contributed by atoms with Crippen LogP contribution in [0, 0.1) is 0 Å². The average Bonchev–Trinajstić information content (AvgIpc) is 3.01. The maximum absolute atomic E-state index is 11.8. The van der Waals surface area contributed by atoms with Gasteiger partial charge in [-0.25, -0.2) is 0 Å². The highest BCUT2D eigenvalue weighted by atomic mass is 16.2. The largest absolute Gasteiger partial charge is 0.355 e. The summed E-state index contributed by atoms with van der Waals surface area (Å²) in [5.74, 6) is 0.0527. The highest BCUT2D eigenvalue weighted by Gasteiger charge is 2.25. The van der Waals surface area contributed by atoms with Crippen molar-refractivity contribution in [3.63, 3.8) is 0 Å². The van der Waals surface area contributed by atoms with E-state index in [1.54, 1.807) is 14.0 Å². The van der Waals surface area contributed by atoms with Crippen LogP contribution < -0.4 is 5.32 Å². The van der Waals surface area contributed by atoms with E-state index in [-0.39, 0.29) is 11.8 Å². The molecular weight excluding hydrogens is 338 g/mol. The van der Waals surface area contributed by atoms with E-state index in [1.165, 1.54) is 22.2 Å². The van der Waals surface area contributed by atoms with Crippen LogP contribution in [-0.4, -0.2) is 34.9 Å². The summed E-state index contributed by atoms with van der Waals surface area (Å²) < 4.78 is 2.36. The van der Waals surface area contributed by atoms with E-state index in [4.69, 9.17) is 0 Å². The van der Waals surface area contributed by atoms with Crippen molar-refractivity contribution in [1.82, 2.24) is 14.8 Å². The molecule has 1 aliphatic heterocycles. The Morgan fingerprint density at radius 3 is 2.52 bits per heavy atom. The number of hydrogen-bond donors (Lipinski definition) is 1. The number of rotatable bonds is 3. The molecule has 2 heterocycles. The summed E-state index contributed by atoms with van der Waals surface area (Å²) in [6, 6.07) is 16.1. The van der Waals surface area contributed by atoms with E-state index in [1.807, 2.05) is 29.2 Å². The minimum atomic E-state index is -0.0744. The van der Waals surface area contributed by atoms with Gasteiger partial charge in [0.25, 0.3) is 5.91 Å². The quantitative estimate of drug-likeness (QED) is 0.780. The molecule has 0 saturated carbocycles. The SMILES string of the molecule is CNC(=O)c1ccc(Cn2c3c(c4ccccc42)CN(C(C)=O)CC3)cc1. The predicted molar refractivity (Wildman–Crippen MR) is 106 cm³/mol. The fraction of sp³-hybridized carbons (Fsp3) is 0.273. The smallest absolute Gasteiger partial charge is 0.251 e. The number of nitrogens with zero attached hydrogens (tertiary/aromatic N) is 2. The van der Waals surface area contributed by atoms with Crippen LogP contribution in [0.3, 0.4) is 0 Å². The summed E-state index contributed by atoms with van der Waals surface area (Å²) in [4.78, 5) is 25.5. The molecule has 1 N–H and O–H groups in total. The maximum Gasteiger partial charge on any atom is 0.251 e. The van der Waals surface area contributed by atoms with Gasteiger partial charge < -0.3 is 14.8 Å². The number of benzene rings is 2. The highest BCUT2D eigenvalue weighted by Crippen LogP contribution is 2.31. The number of hydrogen-bond acceptors (Lipinski definition) is 2. The molecule has 138 valence electrons. The van der Waals surface area contributed by atoms with Crippen molar-refractivity contribution in [2.24, 2.45) is 0 Å². The summed E-state index contributed by atoms with van der Waals surface area (Å²) >= 11 is 0. The number of carbonyl (C=O) groups is 2. The monoisotopic (exact) mass is 361 g/mol. The molecule has 0 aliphatic carbocycles. The Hall–Kier alpha value is -3.08. The van der Waals surface area contributed by atoms with Gasteiger partial charge in [0.05, 0.1) is 0 Å². The van der Waals surface area contributed by atoms with Gasteiger partial charge in [0.15, 0.2) is 0 Å². The van der Waals surface area contributed by atoms with Crippen LogP contribution in [0.5, 0.6) is 0 Å². The third-order valence-corrected chi connectivity index (χ3v) is 5.39. The number of nitrogens with one attached hydrogen (secondary N) is 1. The van der Waals surface area contributed by atoms with Crippen molar-refractivity contribution >= 4 is 22.7 Å². The van der Waals surface area contributed by atoms with Crippen molar-refractivity contribution in [3.8, 4) is 0 Å². The Balaban J connectivity index is 1.72. The third kappa shape index (κ3) is 3.10. The molecule has 0 radical (unpaired) electrons. The van der Waals surface area contributed by atoms with E-state index in [0.717, 1.165) is 25.1 Å². The lowest BCUT2D eigenvalue weighted by molar-refractivity contribution is -0.129. The first kappa shape index (κ1) is 17.3. The third-order valence-electron chi connectivity index (χ3n) is 5.39. The second-order valence-corrected chi connectivity index (χ2v) is 7.00. The zero-order valence-electron chi connectivity index (χ0n) is 15.7. The van der Waals surface area contributed by atoms with E-state index < -0.39 is 0 Å². The number of carbonyl (C=O) groups excluding carboxylic acids is 2. The van der Waals surface area contributed by atoms with Crippen LogP contribution in [0.15, 0.2) is 48.5 Å². The van der Waals surface area contributed by atoms with Gasteiger partial charge >= 0.3 is 0 Å². The molecule has 2 amide bonds. The topological polar surface area (TPSA) is 54.3 Å². The molecule has 0 atom stereocenters. The van der Waals surface area contributed by atoms with Crippen molar-refractivity contribution in [2.75, 3.05) is 13.6 Å². The molecule has 5 heteroatoms. The van der Waals surface area contributed by atoms with Crippen LogP contribution in [0.2, 0.25) is 0 Å². The van der Waals surface area contributed by atoms with Crippen molar-refractivity contribution in [1.29, 1.82) is 0 Å². The molecule has 1 aliphatic rings. The second-order valence-electron chi connectivity index (χ2n) is 7.00. The Bertz CT molecular complexity index is 1020. The van der Waals surface area contributed by atoms with Gasteiger partial charge in [0.1, 0.15) is 0 Å². The van der Waals surface area contributed by atoms with Crippen molar-refractivity contribution in [3.05, 3.63) is 70.9 Å². The highest BCUT2D eigenvalue weighted by molar-refractivity contribution is 5.94. The van der Waals surface area contributed by atoms with E-state index in [9.17, 15) is 9.59 Å². The predicted octanol–water partition coefficient (Wildman–Crippen LogP) is 2.95. The normalized spacial score (nSPS) is 13.5. The minimum Gasteiger partial charge on any atom is -0.355 e. The standard InChI is InChI=1S/C22H23N3O2/c1-15(26)24-12-11-21-19(14-24)18-5-3-4-6-20(18)25(21)13-16-7-9-17(10-8-16)22(27)23-2/h3-10H,11-14H2,1-2H3,(H,23,27). The number of fused-ring (bicyclic) bond motifs is 3. The minimum absolute atomic E-state index is 0.0744. The van der Waals surface area contributed by atoms with Gasteiger partial charge in [-0.1, -0.05) is 30.3 Å². The first-order chi connectivity index (χ1) is 13.1. The van der Waals surface area contributed by atoms with Gasteiger partial charge in [-0.05, 0) is 23.8 Å². The maximum atomic E-state index is 11.8. The van der Waals surface area contributed by atoms with Crippen molar-refractivity contribution in [2.45, 2.75) is 26.4 Å². The first-order valence-electron chi connectivity index (χ1n) is 9.24. The van der Waals surface area contributed by atoms with E-state index in [0.29, 0.717) is 12.1 Å². The molecular formula is C22H23N3O2. The Labute approximate surface area is 158 Å². The van der Waals surface area contributed by atoms with Gasteiger partial charge in [-0.2, -0.15) is 0 Å². The van der Waals surface area contributed by atoms with Crippen LogP contribution in [0.1, 0.15) is 34.1 Å². The molecule has 0 saturated heterocycles. The fourth-order valence-electron chi connectivity index (χ4n) is 3.94. The van der Waals surface area contributed by atoms with Gasteiger partial charge in [-0.15, -0.1) is 0 Å². The zero-order chi connectivity index (χ0) is 19.0. The molecule has 4 rings (SSSR count). The first-order valence-corrected chi connectivity index (χ1v) is 9.24. The van der Waals surface area contributed by atoms with Crippen LogP contribution in [-0.2, 0) is 24.3 Å². The molecule has 5 nitrogen and oxygen atoms in total. The number of para-hydroxylation sites is 1. The molecule has 0 bridgehead atoms. The molecule has 2 aromatic carbocycles. The summed E-state index contributed by atoms with van der Waals surface area (Å²) in [7, 11) is 1.64. The zero-order valence-corrected chi connectivity index (χ0v) is 15.7. The van der Waals surface area contributed by atoms with Crippen LogP contribution in [0.25, 0.3) is 10.9 Å². The van der Waals surface area contributed by atoms with Gasteiger partial charge in [0.2, 0.25) is 5.91 Å². The van der Waals surface area contributed by atoms with E-state index in [2.05, 4.69) is 34.1 Å². The fourth-order valence-corrected chi connectivity index (χ4v) is 3.94. The lowest BCUT2D eigenvalue weighted by Crippen LogP contribution is -2.34. The summed E-state index contributed by atoms with van der Waals surface area (Å²) in [6.07, 6.45) is 0.861. The summed E-state index contributed by atoms with van der Waals surface area (Å²) in [6.45, 7) is 3.82. The van der Waals surface area contributed by atoms with Crippen molar-refractivity contribution < 1.29 is 9.59 Å². The van der Waals surface area contributed by atoms with E-state index >= 15 is 0 Å². The Morgan fingerprint density at radius 2 is 1.81 bits per heavy atom. The van der Waals surface area contributed by atoms with Gasteiger partial charge in [-0.3, -0.25) is 9.59 Å². The molecule has 0 unspecified atom stereocenters. The number of amides is 2. The lowest BCUT2D eigenvalue weighted by atomic mass is 10.0.